The van der Waals surface area contributed by atoms with Crippen LogP contribution < -0.4 is 16.0 Å². The molecule has 2 heterocycles. The van der Waals surface area contributed by atoms with Crippen LogP contribution in [-0.2, 0) is 11.2 Å². The van der Waals surface area contributed by atoms with Crippen LogP contribution in [0.5, 0.6) is 0 Å². The molecule has 1 aliphatic rings. The van der Waals surface area contributed by atoms with Gasteiger partial charge >= 0.3 is 0 Å². The van der Waals surface area contributed by atoms with Crippen LogP contribution >= 0.6 is 0 Å². The molecule has 1 saturated heterocycles. The quantitative estimate of drug-likeness (QED) is 0.368. The monoisotopic (exact) mass is 361 g/mol. The summed E-state index contributed by atoms with van der Waals surface area (Å²) in [4.78, 5) is 18.3. The fourth-order valence-corrected chi connectivity index (χ4v) is 2.84. The van der Waals surface area contributed by atoms with Gasteiger partial charge < -0.3 is 20.4 Å². The van der Waals surface area contributed by atoms with Gasteiger partial charge in [0.1, 0.15) is 5.76 Å². The van der Waals surface area contributed by atoms with Crippen LogP contribution in [0.3, 0.4) is 0 Å². The van der Waals surface area contributed by atoms with E-state index in [1.165, 1.54) is 0 Å². The van der Waals surface area contributed by atoms with E-state index in [2.05, 4.69) is 32.4 Å². The van der Waals surface area contributed by atoms with Gasteiger partial charge in [-0.2, -0.15) is 0 Å². The van der Waals surface area contributed by atoms with E-state index >= 15 is 0 Å². The van der Waals surface area contributed by atoms with E-state index in [0.717, 1.165) is 56.2 Å². The predicted molar refractivity (Wildman–Crippen MR) is 104 cm³/mol. The molecule has 0 bridgehead atoms. The number of likely N-dealkylation sites (N-methyl/N-ethyl adjacent to an activating group) is 1. The number of carbonyl (C=O) groups is 1. The molecular weight excluding hydrogens is 330 g/mol. The molecule has 0 spiro atoms. The topological polar surface area (TPSA) is 81.9 Å². The average Bonchev–Trinajstić information content (AvgIpc) is 3.14. The van der Waals surface area contributed by atoms with E-state index < -0.39 is 0 Å². The maximum Gasteiger partial charge on any atom is 0.233 e. The van der Waals surface area contributed by atoms with Gasteiger partial charge in [0, 0.05) is 39.1 Å². The highest BCUT2D eigenvalue weighted by atomic mass is 16.3. The Balaban J connectivity index is 1.79. The van der Waals surface area contributed by atoms with Crippen LogP contribution in [0.15, 0.2) is 40.0 Å². The van der Waals surface area contributed by atoms with Crippen molar-refractivity contribution in [1.82, 2.24) is 20.9 Å². The molecule has 1 aromatic rings. The highest BCUT2D eigenvalue weighted by Gasteiger charge is 2.21. The second-order valence-corrected chi connectivity index (χ2v) is 6.75. The van der Waals surface area contributed by atoms with Crippen molar-refractivity contribution in [2.24, 2.45) is 4.99 Å². The number of carbonyl (C=O) groups excluding carboxylic acids is 1. The number of hydrogen-bond acceptors (Lipinski definition) is 4. The van der Waals surface area contributed by atoms with Crippen LogP contribution in [-0.4, -0.2) is 62.6 Å². The number of piperidine rings is 1. The third-order valence-corrected chi connectivity index (χ3v) is 4.33. The van der Waals surface area contributed by atoms with Crippen LogP contribution in [0.1, 0.15) is 25.5 Å². The van der Waals surface area contributed by atoms with Crippen molar-refractivity contribution in [2.45, 2.75) is 32.2 Å². The number of amides is 1. The fraction of sp³-hybridized carbons (Fsp3) is 0.579. The van der Waals surface area contributed by atoms with E-state index in [1.54, 1.807) is 13.3 Å². The lowest BCUT2D eigenvalue weighted by molar-refractivity contribution is -0.122. The first kappa shape index (κ1) is 20.0. The Hall–Kier alpha value is -2.28. The number of guanidine groups is 1. The Morgan fingerprint density at radius 2 is 2.19 bits per heavy atom. The van der Waals surface area contributed by atoms with Crippen LogP contribution in [0.2, 0.25) is 0 Å². The summed E-state index contributed by atoms with van der Waals surface area (Å²) in [5.74, 6) is 1.84. The minimum atomic E-state index is 0.0692. The van der Waals surface area contributed by atoms with Gasteiger partial charge in [-0.1, -0.05) is 12.2 Å². The maximum absolute atomic E-state index is 11.5. The van der Waals surface area contributed by atoms with Gasteiger partial charge in [-0.25, -0.2) is 4.99 Å². The van der Waals surface area contributed by atoms with Crippen molar-refractivity contribution in [3.05, 3.63) is 36.3 Å². The van der Waals surface area contributed by atoms with Gasteiger partial charge in [-0.3, -0.25) is 9.69 Å². The summed E-state index contributed by atoms with van der Waals surface area (Å²) in [6, 6.07) is 4.23. The minimum Gasteiger partial charge on any atom is -0.469 e. The van der Waals surface area contributed by atoms with Gasteiger partial charge in [-0.15, -0.1) is 0 Å². The standard InChI is InChI=1S/C19H31N5O2/c1-15(2)13-22-19(21-9-6-17-5-4-12-26-17)23-16-7-10-24(11-8-16)14-18(25)20-3/h4-5,12,16H,1,6-11,13-14H2,2-3H3,(H,20,25)(H2,21,22,23). The number of hydrogen-bond donors (Lipinski definition) is 3. The Bertz CT molecular complexity index is 589. The highest BCUT2D eigenvalue weighted by molar-refractivity contribution is 5.80. The van der Waals surface area contributed by atoms with Crippen molar-refractivity contribution in [3.63, 3.8) is 0 Å². The molecule has 0 aliphatic carbocycles. The van der Waals surface area contributed by atoms with Crippen LogP contribution in [0, 0.1) is 0 Å². The summed E-state index contributed by atoms with van der Waals surface area (Å²) in [5, 5.41) is 9.57. The SMILES string of the molecule is C=C(C)CN=C(NCCc1ccco1)NC1CCN(CC(=O)NC)CC1. The molecular formula is C19H31N5O2. The summed E-state index contributed by atoms with van der Waals surface area (Å²) < 4.78 is 5.36. The molecule has 7 heteroatoms. The summed E-state index contributed by atoms with van der Waals surface area (Å²) in [7, 11) is 1.68. The molecule has 144 valence electrons. The zero-order valence-corrected chi connectivity index (χ0v) is 15.9. The number of likely N-dealkylation sites (tertiary alicyclic amines) is 1. The molecule has 1 fully saturated rings. The van der Waals surface area contributed by atoms with Crippen molar-refractivity contribution < 1.29 is 9.21 Å². The van der Waals surface area contributed by atoms with Gasteiger partial charge in [-0.05, 0) is 31.9 Å². The van der Waals surface area contributed by atoms with E-state index in [4.69, 9.17) is 4.42 Å². The lowest BCUT2D eigenvalue weighted by Gasteiger charge is -2.32. The zero-order chi connectivity index (χ0) is 18.8. The van der Waals surface area contributed by atoms with Crippen LogP contribution in [0.4, 0.5) is 0 Å². The maximum atomic E-state index is 11.5. The fourth-order valence-electron chi connectivity index (χ4n) is 2.84. The Labute approximate surface area is 155 Å². The van der Waals surface area contributed by atoms with Gasteiger partial charge in [0.25, 0.3) is 0 Å². The third kappa shape index (κ3) is 7.31. The first-order chi connectivity index (χ1) is 12.6. The average molecular weight is 361 g/mol. The number of nitrogens with zero attached hydrogens (tertiary/aromatic N) is 2. The number of furan rings is 1. The number of aliphatic imine (C=N–C) groups is 1. The lowest BCUT2D eigenvalue weighted by Crippen LogP contribution is -2.50. The van der Waals surface area contributed by atoms with E-state index in [9.17, 15) is 4.79 Å². The molecule has 0 saturated carbocycles. The Morgan fingerprint density at radius 3 is 2.81 bits per heavy atom. The van der Waals surface area contributed by atoms with Crippen molar-refractivity contribution in [1.29, 1.82) is 0 Å². The second kappa shape index (κ2) is 10.7. The predicted octanol–water partition coefficient (Wildman–Crippen LogP) is 1.14. The van der Waals surface area contributed by atoms with Crippen molar-refractivity contribution >= 4 is 11.9 Å². The van der Waals surface area contributed by atoms with E-state index in [1.807, 2.05) is 19.1 Å². The molecule has 0 atom stereocenters. The summed E-state index contributed by atoms with van der Waals surface area (Å²) in [6.07, 6.45) is 4.48. The molecule has 3 N–H and O–H groups in total. The van der Waals surface area contributed by atoms with Crippen LogP contribution in [0.25, 0.3) is 0 Å². The van der Waals surface area contributed by atoms with Gasteiger partial charge in [0.15, 0.2) is 5.96 Å². The molecule has 0 aromatic carbocycles. The first-order valence-electron chi connectivity index (χ1n) is 9.21. The summed E-state index contributed by atoms with van der Waals surface area (Å²) >= 11 is 0. The molecule has 0 unspecified atom stereocenters. The molecule has 2 rings (SSSR count). The van der Waals surface area contributed by atoms with Gasteiger partial charge in [0.2, 0.25) is 5.91 Å². The molecule has 1 aliphatic heterocycles. The lowest BCUT2D eigenvalue weighted by atomic mass is 10.1. The van der Waals surface area contributed by atoms with E-state index in [0.29, 0.717) is 19.1 Å². The zero-order valence-electron chi connectivity index (χ0n) is 15.9. The van der Waals surface area contributed by atoms with E-state index in [-0.39, 0.29) is 5.91 Å². The Kier molecular flexibility index (Phi) is 8.21. The number of rotatable bonds is 8. The Morgan fingerprint density at radius 1 is 1.42 bits per heavy atom. The molecule has 1 aromatic heterocycles. The number of nitrogens with one attached hydrogen (secondary N) is 3. The van der Waals surface area contributed by atoms with Crippen molar-refractivity contribution in [3.8, 4) is 0 Å². The molecule has 26 heavy (non-hydrogen) atoms. The third-order valence-electron chi connectivity index (χ3n) is 4.33. The molecule has 1 amide bonds. The molecule has 0 radical (unpaired) electrons. The first-order valence-corrected chi connectivity index (χ1v) is 9.21. The molecule has 7 nitrogen and oxygen atoms in total. The van der Waals surface area contributed by atoms with Crippen molar-refractivity contribution in [2.75, 3.05) is 39.8 Å². The van der Waals surface area contributed by atoms with Gasteiger partial charge in [0.05, 0.1) is 19.4 Å². The minimum absolute atomic E-state index is 0.0692. The summed E-state index contributed by atoms with van der Waals surface area (Å²) in [6.45, 7) is 9.54. The smallest absolute Gasteiger partial charge is 0.233 e. The normalized spacial score (nSPS) is 16.3. The largest absolute Gasteiger partial charge is 0.469 e. The highest BCUT2D eigenvalue weighted by Crippen LogP contribution is 2.10. The second-order valence-electron chi connectivity index (χ2n) is 6.75. The summed E-state index contributed by atoms with van der Waals surface area (Å²) in [5.41, 5.74) is 1.03.